The Balaban J connectivity index is 1.49. The number of aromatic amines is 1. The average Bonchev–Trinajstić information content (AvgIpc) is 3.07. The number of pyridine rings is 1. The van der Waals surface area contributed by atoms with Crippen molar-refractivity contribution in [2.75, 3.05) is 11.1 Å². The molecule has 0 unspecified atom stereocenters. The summed E-state index contributed by atoms with van der Waals surface area (Å²) in [7, 11) is 0. The molecule has 6 N–H and O–H groups in total. The predicted octanol–water partition coefficient (Wildman–Crippen LogP) is 0.786. The van der Waals surface area contributed by atoms with Crippen molar-refractivity contribution >= 4 is 40.5 Å². The van der Waals surface area contributed by atoms with Gasteiger partial charge in [0.25, 0.3) is 11.5 Å². The maximum Gasteiger partial charge on any atom is 0.326 e. The van der Waals surface area contributed by atoms with E-state index in [0.29, 0.717) is 28.7 Å². The van der Waals surface area contributed by atoms with Crippen LogP contribution in [0.3, 0.4) is 0 Å². The Morgan fingerprint density at radius 1 is 1.24 bits per heavy atom. The van der Waals surface area contributed by atoms with Crippen LogP contribution in [0.25, 0.3) is 11.0 Å². The van der Waals surface area contributed by atoms with Gasteiger partial charge in [0.05, 0.1) is 5.39 Å². The van der Waals surface area contributed by atoms with E-state index in [9.17, 15) is 24.3 Å². The van der Waals surface area contributed by atoms with Crippen LogP contribution in [0, 0.1) is 0 Å². The summed E-state index contributed by atoms with van der Waals surface area (Å²) < 4.78 is 0. The number of hydrogen-bond acceptors (Lipinski definition) is 8. The largest absolute Gasteiger partial charge is 0.481 e. The van der Waals surface area contributed by atoms with Crippen molar-refractivity contribution in [1.29, 1.82) is 0 Å². The number of H-pyrrole nitrogens is 1. The van der Waals surface area contributed by atoms with Crippen LogP contribution < -0.4 is 16.6 Å². The number of hydrogen-bond donors (Lipinski definition) is 5. The third-order valence-corrected chi connectivity index (χ3v) is 5.36. The Morgan fingerprint density at radius 3 is 2.76 bits per heavy atom. The number of nitrogen functional groups attached to an aromatic ring is 1. The first-order valence-corrected chi connectivity index (χ1v) is 9.99. The fraction of sp³-hybridized carbons (Fsp3) is 0.238. The van der Waals surface area contributed by atoms with Crippen molar-refractivity contribution in [2.45, 2.75) is 32.0 Å². The summed E-state index contributed by atoms with van der Waals surface area (Å²) in [4.78, 5) is 59.0. The summed E-state index contributed by atoms with van der Waals surface area (Å²) in [6.07, 6.45) is 1.04. The van der Waals surface area contributed by atoms with Crippen LogP contribution in [-0.2, 0) is 22.7 Å². The number of anilines is 2. The van der Waals surface area contributed by atoms with Gasteiger partial charge in [0.15, 0.2) is 5.65 Å². The molecule has 0 radical (unpaired) electrons. The normalized spacial score (nSPS) is 13.7. The summed E-state index contributed by atoms with van der Waals surface area (Å²) in [5.74, 6) is -2.83. The van der Waals surface area contributed by atoms with Gasteiger partial charge in [-0.3, -0.25) is 19.4 Å². The lowest BCUT2D eigenvalue weighted by Gasteiger charge is -2.23. The second kappa shape index (κ2) is 8.57. The van der Waals surface area contributed by atoms with Gasteiger partial charge in [0.1, 0.15) is 6.04 Å². The number of nitrogens with two attached hydrogens (primary N) is 1. The van der Waals surface area contributed by atoms with E-state index in [1.54, 1.807) is 30.5 Å². The topological polar surface area (TPSA) is 192 Å². The Hall–Kier alpha value is -4.48. The van der Waals surface area contributed by atoms with Crippen LogP contribution in [-0.4, -0.2) is 54.0 Å². The van der Waals surface area contributed by atoms with Gasteiger partial charge in [-0.05, 0) is 41.8 Å². The van der Waals surface area contributed by atoms with Gasteiger partial charge in [-0.1, -0.05) is 0 Å². The first-order valence-electron chi connectivity index (χ1n) is 9.99. The van der Waals surface area contributed by atoms with Gasteiger partial charge >= 0.3 is 11.9 Å². The minimum atomic E-state index is -1.24. The summed E-state index contributed by atoms with van der Waals surface area (Å²) in [5, 5.41) is 21.8. The van der Waals surface area contributed by atoms with Crippen molar-refractivity contribution in [3.05, 3.63) is 57.5 Å². The molecule has 33 heavy (non-hydrogen) atoms. The number of benzene rings is 1. The number of fused-ring (bicyclic) bond motifs is 2. The molecule has 1 aromatic carbocycles. The number of amides is 1. The minimum absolute atomic E-state index is 0.0132. The van der Waals surface area contributed by atoms with Gasteiger partial charge in [-0.2, -0.15) is 4.98 Å². The fourth-order valence-electron chi connectivity index (χ4n) is 3.76. The van der Waals surface area contributed by atoms with Crippen molar-refractivity contribution in [1.82, 2.24) is 19.9 Å². The molecule has 0 spiro atoms. The van der Waals surface area contributed by atoms with Crippen LogP contribution in [0.2, 0.25) is 0 Å². The zero-order valence-corrected chi connectivity index (χ0v) is 17.2. The molecule has 0 aliphatic carbocycles. The molecule has 1 amide bonds. The van der Waals surface area contributed by atoms with Crippen molar-refractivity contribution in [2.24, 2.45) is 0 Å². The van der Waals surface area contributed by atoms with Gasteiger partial charge < -0.3 is 26.2 Å². The van der Waals surface area contributed by atoms with E-state index in [2.05, 4.69) is 20.3 Å². The number of carboxylic acids is 2. The van der Waals surface area contributed by atoms with Crippen molar-refractivity contribution < 1.29 is 24.6 Å². The van der Waals surface area contributed by atoms with Gasteiger partial charge in [-0.25, -0.2) is 9.78 Å². The monoisotopic (exact) mass is 452 g/mol. The Labute approximate surface area is 186 Å². The minimum Gasteiger partial charge on any atom is -0.481 e. The van der Waals surface area contributed by atoms with E-state index in [4.69, 9.17) is 10.8 Å². The van der Waals surface area contributed by atoms with Gasteiger partial charge in [-0.15, -0.1) is 0 Å². The molecular weight excluding hydrogens is 432 g/mol. The second-order valence-electron chi connectivity index (χ2n) is 7.61. The van der Waals surface area contributed by atoms with E-state index in [0.717, 1.165) is 5.56 Å². The maximum absolute atomic E-state index is 12.7. The fourth-order valence-corrected chi connectivity index (χ4v) is 3.76. The molecule has 4 rings (SSSR count). The van der Waals surface area contributed by atoms with Crippen LogP contribution in [0.4, 0.5) is 11.6 Å². The number of carbonyl (C=O) groups is 3. The highest BCUT2D eigenvalue weighted by Crippen LogP contribution is 2.29. The first-order chi connectivity index (χ1) is 15.7. The molecule has 0 saturated carbocycles. The Bertz CT molecular complexity index is 1340. The molecule has 3 heterocycles. The van der Waals surface area contributed by atoms with Crippen LogP contribution in [0.5, 0.6) is 0 Å². The molecule has 1 atom stereocenters. The lowest BCUT2D eigenvalue weighted by Crippen LogP contribution is -2.41. The highest BCUT2D eigenvalue weighted by molar-refractivity contribution is 6.00. The summed E-state index contributed by atoms with van der Waals surface area (Å²) >= 11 is 0. The lowest BCUT2D eigenvalue weighted by atomic mass is 10.1. The Morgan fingerprint density at radius 2 is 2.03 bits per heavy atom. The molecule has 1 aliphatic heterocycles. The standard InChI is InChI=1S/C21H20N6O6/c22-21-25-17-14(18(30)26-21)5-10(8-24-17)7-23-12-1-2-13-11(6-12)9-27(19(13)31)15(20(32)33)3-4-16(28)29/h1-2,5-6,8,15,23H,3-4,7,9H2,(H,28,29)(H,32,33)(H3,22,24,25,26,30)/t15-/m0/s1. The predicted molar refractivity (Wildman–Crippen MR) is 117 cm³/mol. The summed E-state index contributed by atoms with van der Waals surface area (Å²) in [5.41, 5.74) is 7.80. The number of carbonyl (C=O) groups excluding carboxylic acids is 1. The number of nitrogens with zero attached hydrogens (tertiary/aromatic N) is 3. The third kappa shape index (κ3) is 4.44. The van der Waals surface area contributed by atoms with E-state index >= 15 is 0 Å². The van der Waals surface area contributed by atoms with Crippen LogP contribution in [0.15, 0.2) is 35.3 Å². The van der Waals surface area contributed by atoms with Gasteiger partial charge in [0.2, 0.25) is 5.95 Å². The highest BCUT2D eigenvalue weighted by Gasteiger charge is 2.36. The smallest absolute Gasteiger partial charge is 0.326 e. The first kappa shape index (κ1) is 21.7. The number of nitrogens with one attached hydrogen (secondary N) is 2. The third-order valence-electron chi connectivity index (χ3n) is 5.36. The van der Waals surface area contributed by atoms with E-state index in [1.807, 2.05) is 0 Å². The Kier molecular flexibility index (Phi) is 5.65. The van der Waals surface area contributed by atoms with E-state index in [1.165, 1.54) is 4.90 Å². The molecule has 2 aromatic heterocycles. The molecule has 12 heteroatoms. The van der Waals surface area contributed by atoms with E-state index < -0.39 is 23.9 Å². The van der Waals surface area contributed by atoms with Crippen molar-refractivity contribution in [3.63, 3.8) is 0 Å². The number of carboxylic acid groups (broad SMARTS) is 2. The van der Waals surface area contributed by atoms with Gasteiger partial charge in [0, 0.05) is 37.0 Å². The zero-order valence-electron chi connectivity index (χ0n) is 17.2. The molecule has 0 fully saturated rings. The average molecular weight is 452 g/mol. The number of rotatable bonds is 8. The molecule has 170 valence electrons. The lowest BCUT2D eigenvalue weighted by molar-refractivity contribution is -0.143. The molecule has 0 bridgehead atoms. The second-order valence-corrected chi connectivity index (χ2v) is 7.61. The molecule has 3 aromatic rings. The SMILES string of the molecule is Nc1nc2ncc(CNc3ccc4c(c3)CN([C@@H](CCC(=O)O)C(=O)O)C4=O)cc2c(=O)[nH]1. The molecule has 1 aliphatic rings. The number of aliphatic carboxylic acids is 2. The molecular formula is C21H20N6O6. The molecule has 12 nitrogen and oxygen atoms in total. The zero-order chi connectivity index (χ0) is 23.7. The van der Waals surface area contributed by atoms with Crippen LogP contribution >= 0.6 is 0 Å². The summed E-state index contributed by atoms with van der Waals surface area (Å²) in [6, 6.07) is 5.47. The number of aromatic nitrogens is 3. The van der Waals surface area contributed by atoms with E-state index in [-0.39, 0.29) is 36.5 Å². The summed E-state index contributed by atoms with van der Waals surface area (Å²) in [6.45, 7) is 0.403. The molecule has 0 saturated heterocycles. The maximum atomic E-state index is 12.7. The quantitative estimate of drug-likeness (QED) is 0.326. The van der Waals surface area contributed by atoms with Crippen molar-refractivity contribution in [3.8, 4) is 0 Å². The highest BCUT2D eigenvalue weighted by atomic mass is 16.4. The van der Waals surface area contributed by atoms with Crippen LogP contribution in [0.1, 0.15) is 34.3 Å².